The second kappa shape index (κ2) is 17.2. The number of hydrogen-bond acceptors (Lipinski definition) is 7. The molecule has 2 atom stereocenters. The summed E-state index contributed by atoms with van der Waals surface area (Å²) in [5, 5.41) is 4.81. The molecule has 2 bridgehead atoms. The first-order chi connectivity index (χ1) is 24.1. The number of halogens is 2. The molecule has 0 unspecified atom stereocenters. The van der Waals surface area contributed by atoms with Crippen LogP contribution in [0.1, 0.15) is 54.9 Å². The Morgan fingerprint density at radius 3 is 2.36 bits per heavy atom. The lowest BCUT2D eigenvalue weighted by atomic mass is 9.82. The molecule has 2 amide bonds. The van der Waals surface area contributed by atoms with Gasteiger partial charge in [0.25, 0.3) is 5.91 Å². The van der Waals surface area contributed by atoms with Gasteiger partial charge in [0, 0.05) is 55.7 Å². The number of ether oxygens (including phenoxy) is 3. The number of carbonyl (C=O) groups excluding carboxylic acids is 3. The van der Waals surface area contributed by atoms with E-state index < -0.39 is 0 Å². The van der Waals surface area contributed by atoms with Crippen LogP contribution in [0.5, 0.6) is 11.5 Å². The highest BCUT2D eigenvalue weighted by Gasteiger charge is 2.40. The number of nitrogens with one attached hydrogen (secondary N) is 1. The van der Waals surface area contributed by atoms with Crippen molar-refractivity contribution in [3.8, 4) is 11.5 Å². The van der Waals surface area contributed by atoms with Gasteiger partial charge in [0.2, 0.25) is 5.91 Å². The SMILES string of the molecule is CCN(Cc1ccccc1Cl)C(=O)C1=C(c2ccc(OCCOc3cc(C)c(C)cc3Cl)cc2)C[C@@H]2CN(C(=O)CCCC(=O)OC)C[C@H]1N2. The molecule has 2 aliphatic rings. The first kappa shape index (κ1) is 37.2. The Bertz CT molecular complexity index is 1730. The maximum absolute atomic E-state index is 14.5. The van der Waals surface area contributed by atoms with Crippen molar-refractivity contribution in [2.75, 3.05) is 40.0 Å². The quantitative estimate of drug-likeness (QED) is 0.145. The molecule has 2 heterocycles. The fourth-order valence-corrected chi connectivity index (χ4v) is 6.94. The molecule has 0 aliphatic carbocycles. The van der Waals surface area contributed by atoms with Gasteiger partial charge in [-0.3, -0.25) is 14.4 Å². The normalized spacial score (nSPS) is 17.0. The van der Waals surface area contributed by atoms with Crippen LogP contribution in [0, 0.1) is 13.8 Å². The summed E-state index contributed by atoms with van der Waals surface area (Å²) in [4.78, 5) is 43.0. The minimum absolute atomic E-state index is 0.0330. The predicted molar refractivity (Wildman–Crippen MR) is 196 cm³/mol. The third-order valence-electron chi connectivity index (χ3n) is 9.34. The number of amides is 2. The van der Waals surface area contributed by atoms with E-state index in [1.807, 2.05) is 86.3 Å². The van der Waals surface area contributed by atoms with Gasteiger partial charge in [0.15, 0.2) is 0 Å². The van der Waals surface area contributed by atoms with Crippen LogP contribution >= 0.6 is 23.2 Å². The third-order valence-corrected chi connectivity index (χ3v) is 10.00. The smallest absolute Gasteiger partial charge is 0.305 e. The molecule has 0 radical (unpaired) electrons. The Balaban J connectivity index is 1.34. The number of rotatable bonds is 14. The van der Waals surface area contributed by atoms with E-state index >= 15 is 0 Å². The first-order valence-corrected chi connectivity index (χ1v) is 17.8. The Hall–Kier alpha value is -4.05. The topological polar surface area (TPSA) is 97.4 Å². The maximum Gasteiger partial charge on any atom is 0.305 e. The number of benzene rings is 3. The lowest BCUT2D eigenvalue weighted by molar-refractivity contribution is -0.141. The second-order valence-electron chi connectivity index (χ2n) is 12.7. The van der Waals surface area contributed by atoms with Crippen molar-refractivity contribution < 1.29 is 28.6 Å². The Morgan fingerprint density at radius 1 is 0.920 bits per heavy atom. The molecule has 3 aromatic carbocycles. The van der Waals surface area contributed by atoms with E-state index in [9.17, 15) is 14.4 Å². The number of carbonyl (C=O) groups is 3. The fraction of sp³-hybridized carbons (Fsp3) is 0.410. The molecule has 2 aliphatic heterocycles. The minimum atomic E-state index is -0.361. The fourth-order valence-electron chi connectivity index (χ4n) is 6.47. The van der Waals surface area contributed by atoms with E-state index in [2.05, 4.69) is 5.32 Å². The Kier molecular flexibility index (Phi) is 12.8. The van der Waals surface area contributed by atoms with Gasteiger partial charge in [-0.15, -0.1) is 0 Å². The van der Waals surface area contributed by atoms with Crippen LogP contribution in [-0.4, -0.2) is 79.6 Å². The second-order valence-corrected chi connectivity index (χ2v) is 13.6. The van der Waals surface area contributed by atoms with E-state index in [0.29, 0.717) is 79.4 Å². The van der Waals surface area contributed by atoms with Crippen LogP contribution in [0.15, 0.2) is 66.2 Å². The highest BCUT2D eigenvalue weighted by atomic mass is 35.5. The van der Waals surface area contributed by atoms with Crippen molar-refractivity contribution in [2.24, 2.45) is 0 Å². The highest BCUT2D eigenvalue weighted by Crippen LogP contribution is 2.36. The van der Waals surface area contributed by atoms with Gasteiger partial charge >= 0.3 is 5.97 Å². The third kappa shape index (κ3) is 9.19. The molecular formula is C39H45Cl2N3O6. The standard InChI is InChI=1S/C39H45Cl2N3O6/c1-5-43(22-28-9-6-7-10-32(28)40)39(47)38-31(21-29-23-44(24-34(38)42-29)36(45)11-8-12-37(46)48-4)27-13-15-30(16-14-27)49-17-18-50-35-20-26(3)25(2)19-33(35)41/h6-7,9-10,13-16,19-20,29,34,42H,5,8,11-12,17-18,21-24H2,1-4H3/t29-,34-/m1/s1. The van der Waals surface area contributed by atoms with Crippen molar-refractivity contribution in [3.63, 3.8) is 0 Å². The average molecular weight is 723 g/mol. The van der Waals surface area contributed by atoms with Gasteiger partial charge in [-0.1, -0.05) is 53.5 Å². The lowest BCUT2D eigenvalue weighted by Crippen LogP contribution is -2.62. The summed E-state index contributed by atoms with van der Waals surface area (Å²) in [6.45, 7) is 8.36. The molecule has 0 spiro atoms. The van der Waals surface area contributed by atoms with E-state index in [0.717, 1.165) is 27.8 Å². The summed E-state index contributed by atoms with van der Waals surface area (Å²) in [5.74, 6) is 0.853. The van der Waals surface area contributed by atoms with Crippen LogP contribution in [0.2, 0.25) is 10.0 Å². The molecule has 0 aromatic heterocycles. The van der Waals surface area contributed by atoms with Crippen LogP contribution < -0.4 is 14.8 Å². The molecule has 0 saturated carbocycles. The minimum Gasteiger partial charge on any atom is -0.490 e. The zero-order chi connectivity index (χ0) is 35.8. The summed E-state index contributed by atoms with van der Waals surface area (Å²) in [7, 11) is 1.34. The van der Waals surface area contributed by atoms with E-state index in [1.54, 1.807) is 4.90 Å². The first-order valence-electron chi connectivity index (χ1n) is 17.1. The number of hydrogen-bond donors (Lipinski definition) is 1. The molecule has 9 nitrogen and oxygen atoms in total. The summed E-state index contributed by atoms with van der Waals surface area (Å²) >= 11 is 12.8. The number of aryl methyl sites for hydroxylation is 2. The van der Waals surface area contributed by atoms with Gasteiger partial charge in [0.05, 0.1) is 18.2 Å². The van der Waals surface area contributed by atoms with E-state index in [-0.39, 0.29) is 42.7 Å². The van der Waals surface area contributed by atoms with E-state index in [1.165, 1.54) is 7.11 Å². The number of esters is 1. The van der Waals surface area contributed by atoms with Gasteiger partial charge in [-0.25, -0.2) is 0 Å². The Labute approximate surface area is 304 Å². The van der Waals surface area contributed by atoms with Crippen LogP contribution in [-0.2, 0) is 25.7 Å². The lowest BCUT2D eigenvalue weighted by Gasteiger charge is -2.45. The van der Waals surface area contributed by atoms with Gasteiger partial charge < -0.3 is 29.3 Å². The molecule has 11 heteroatoms. The molecule has 1 fully saturated rings. The zero-order valence-corrected chi connectivity index (χ0v) is 30.6. The van der Waals surface area contributed by atoms with Crippen molar-refractivity contribution in [3.05, 3.63) is 98.5 Å². The number of likely N-dealkylation sites (N-methyl/N-ethyl adjacent to an activating group) is 1. The van der Waals surface area contributed by atoms with Crippen LogP contribution in [0.4, 0.5) is 0 Å². The summed E-state index contributed by atoms with van der Waals surface area (Å²) in [6, 6.07) is 18.8. The largest absolute Gasteiger partial charge is 0.490 e. The molecular weight excluding hydrogens is 677 g/mol. The van der Waals surface area contributed by atoms with Crippen LogP contribution in [0.25, 0.3) is 5.57 Å². The van der Waals surface area contributed by atoms with E-state index in [4.69, 9.17) is 37.4 Å². The molecule has 50 heavy (non-hydrogen) atoms. The zero-order valence-electron chi connectivity index (χ0n) is 29.1. The Morgan fingerprint density at radius 2 is 1.64 bits per heavy atom. The number of fused-ring (bicyclic) bond motifs is 2. The summed E-state index contributed by atoms with van der Waals surface area (Å²) in [5.41, 5.74) is 5.62. The number of piperazine rings is 1. The molecule has 266 valence electrons. The van der Waals surface area contributed by atoms with Crippen molar-refractivity contribution in [1.82, 2.24) is 15.1 Å². The van der Waals surface area contributed by atoms with Crippen molar-refractivity contribution >= 4 is 46.6 Å². The van der Waals surface area contributed by atoms with Crippen LogP contribution in [0.3, 0.4) is 0 Å². The molecule has 5 rings (SSSR count). The molecule has 3 aromatic rings. The molecule has 1 saturated heterocycles. The summed E-state index contributed by atoms with van der Waals surface area (Å²) in [6.07, 6.45) is 1.42. The van der Waals surface area contributed by atoms with Gasteiger partial charge in [-0.05, 0) is 91.8 Å². The highest BCUT2D eigenvalue weighted by molar-refractivity contribution is 6.32. The predicted octanol–water partition coefficient (Wildman–Crippen LogP) is 6.79. The average Bonchev–Trinajstić information content (AvgIpc) is 3.11. The maximum atomic E-state index is 14.5. The summed E-state index contributed by atoms with van der Waals surface area (Å²) < 4.78 is 16.6. The van der Waals surface area contributed by atoms with Gasteiger partial charge in [0.1, 0.15) is 24.7 Å². The van der Waals surface area contributed by atoms with Crippen molar-refractivity contribution in [1.29, 1.82) is 0 Å². The monoisotopic (exact) mass is 721 g/mol. The van der Waals surface area contributed by atoms with Crippen molar-refractivity contribution in [2.45, 2.75) is 65.1 Å². The van der Waals surface area contributed by atoms with Gasteiger partial charge in [-0.2, -0.15) is 0 Å². The number of methoxy groups -OCH3 is 1. The number of nitrogens with zero attached hydrogens (tertiary/aromatic N) is 2. The molecule has 1 N–H and O–H groups in total.